The van der Waals surface area contributed by atoms with Gasteiger partial charge in [-0.1, -0.05) is 18.9 Å². The summed E-state index contributed by atoms with van der Waals surface area (Å²) in [7, 11) is 3.95. The summed E-state index contributed by atoms with van der Waals surface area (Å²) in [6.45, 7) is 6.70. The topological polar surface area (TPSA) is 58.3 Å². The minimum Gasteiger partial charge on any atom is -0.356 e. The Morgan fingerprint density at radius 1 is 1.27 bits per heavy atom. The predicted octanol–water partition coefficient (Wildman–Crippen LogP) is 3.42. The lowest BCUT2D eigenvalue weighted by molar-refractivity contribution is 0.455. The zero-order valence-electron chi connectivity index (χ0n) is 16.4. The summed E-state index contributed by atoms with van der Waals surface area (Å²) in [4.78, 5) is 6.60. The first-order chi connectivity index (χ1) is 12.3. The van der Waals surface area contributed by atoms with E-state index in [1.54, 1.807) is 0 Å². The highest BCUT2D eigenvalue weighted by Gasteiger charge is 2.14. The van der Waals surface area contributed by atoms with Gasteiger partial charge in [0.1, 0.15) is 11.6 Å². The molecule has 1 aromatic rings. The molecule has 7 heteroatoms. The second kappa shape index (κ2) is 13.1. The van der Waals surface area contributed by atoms with Gasteiger partial charge >= 0.3 is 0 Å². The van der Waals surface area contributed by atoms with E-state index in [1.165, 1.54) is 38.5 Å². The van der Waals surface area contributed by atoms with Gasteiger partial charge in [0.05, 0.1) is 0 Å². The van der Waals surface area contributed by atoms with E-state index < -0.39 is 0 Å². The van der Waals surface area contributed by atoms with Crippen LogP contribution >= 0.6 is 24.0 Å². The Labute approximate surface area is 175 Å². The van der Waals surface area contributed by atoms with Gasteiger partial charge in [-0.2, -0.15) is 0 Å². The van der Waals surface area contributed by atoms with E-state index in [0.717, 1.165) is 56.5 Å². The van der Waals surface area contributed by atoms with E-state index in [4.69, 9.17) is 0 Å². The zero-order valence-corrected chi connectivity index (χ0v) is 18.7. The Morgan fingerprint density at radius 2 is 2.12 bits per heavy atom. The molecule has 0 saturated carbocycles. The highest BCUT2D eigenvalue weighted by Crippen LogP contribution is 2.14. The summed E-state index contributed by atoms with van der Waals surface area (Å²) in [6, 6.07) is 0. The van der Waals surface area contributed by atoms with Crippen LogP contribution in [0.3, 0.4) is 0 Å². The summed E-state index contributed by atoms with van der Waals surface area (Å²) in [5.41, 5.74) is 0. The molecule has 0 amide bonds. The Balaban J connectivity index is 0.00000338. The number of nitrogens with one attached hydrogen (secondary N) is 1. The Hall–Kier alpha value is -1.12. The molecule has 0 atom stereocenters. The lowest BCUT2D eigenvalue weighted by Gasteiger charge is -2.22. The Bertz CT molecular complexity index is 554. The van der Waals surface area contributed by atoms with Crippen LogP contribution in [0.5, 0.6) is 0 Å². The molecule has 0 spiro atoms. The molecular weight excluding hydrogens is 439 g/mol. The summed E-state index contributed by atoms with van der Waals surface area (Å²) in [5.74, 6) is 3.22. The van der Waals surface area contributed by atoms with Crippen LogP contribution < -0.4 is 5.32 Å². The first-order valence-corrected chi connectivity index (χ1v) is 9.70. The SMILES string of the molecule is C=CCCCCCN(C)C(=NC)NCCc1nnc2n1CCCCC2.I. The molecule has 2 heterocycles. The van der Waals surface area contributed by atoms with Gasteiger partial charge in [0, 0.05) is 46.6 Å². The highest BCUT2D eigenvalue weighted by atomic mass is 127. The van der Waals surface area contributed by atoms with Crippen molar-refractivity contribution < 1.29 is 0 Å². The van der Waals surface area contributed by atoms with Gasteiger partial charge in [0.2, 0.25) is 0 Å². The molecule has 0 aliphatic carbocycles. The maximum Gasteiger partial charge on any atom is 0.193 e. The molecule has 0 bridgehead atoms. The van der Waals surface area contributed by atoms with Crippen molar-refractivity contribution in [1.29, 1.82) is 0 Å². The minimum absolute atomic E-state index is 0. The number of fused-ring (bicyclic) bond motifs is 1. The number of aryl methyl sites for hydroxylation is 1. The van der Waals surface area contributed by atoms with E-state index >= 15 is 0 Å². The van der Waals surface area contributed by atoms with Gasteiger partial charge in [0.25, 0.3) is 0 Å². The van der Waals surface area contributed by atoms with Crippen molar-refractivity contribution in [2.45, 2.75) is 64.3 Å². The number of rotatable bonds is 9. The van der Waals surface area contributed by atoms with Crippen LogP contribution in [0, 0.1) is 0 Å². The second-order valence-electron chi connectivity index (χ2n) is 6.78. The number of aliphatic imine (C=N–C) groups is 1. The van der Waals surface area contributed by atoms with E-state index in [1.807, 2.05) is 13.1 Å². The summed E-state index contributed by atoms with van der Waals surface area (Å²) in [5, 5.41) is 12.2. The van der Waals surface area contributed by atoms with Crippen LogP contribution in [0.2, 0.25) is 0 Å². The van der Waals surface area contributed by atoms with Crippen LogP contribution in [0.15, 0.2) is 17.6 Å². The van der Waals surface area contributed by atoms with Crippen LogP contribution in [0.25, 0.3) is 0 Å². The van der Waals surface area contributed by atoms with Gasteiger partial charge in [-0.05, 0) is 32.1 Å². The lowest BCUT2D eigenvalue weighted by Crippen LogP contribution is -2.40. The first kappa shape index (κ1) is 22.9. The normalized spacial score (nSPS) is 14.2. The third-order valence-electron chi connectivity index (χ3n) is 4.79. The van der Waals surface area contributed by atoms with Crippen LogP contribution in [-0.2, 0) is 19.4 Å². The Kier molecular flexibility index (Phi) is 11.6. The standard InChI is InChI=1S/C19H34N6.HI/c1-4-5-6-7-10-15-24(3)19(20-2)21-14-13-18-23-22-17-12-9-8-11-16-25(17)18;/h4H,1,5-16H2,2-3H3,(H,20,21);1H. The minimum atomic E-state index is 0. The van der Waals surface area contributed by atoms with Gasteiger partial charge in [-0.3, -0.25) is 4.99 Å². The number of aromatic nitrogens is 3. The monoisotopic (exact) mass is 474 g/mol. The molecule has 1 N–H and O–H groups in total. The van der Waals surface area contributed by atoms with Crippen molar-refractivity contribution in [3.63, 3.8) is 0 Å². The van der Waals surface area contributed by atoms with Gasteiger partial charge in [-0.15, -0.1) is 40.8 Å². The van der Waals surface area contributed by atoms with E-state index in [0.29, 0.717) is 0 Å². The molecular formula is C19H35IN6. The smallest absolute Gasteiger partial charge is 0.193 e. The van der Waals surface area contributed by atoms with Gasteiger partial charge in [-0.25, -0.2) is 0 Å². The van der Waals surface area contributed by atoms with Crippen molar-refractivity contribution in [3.05, 3.63) is 24.3 Å². The Morgan fingerprint density at radius 3 is 2.88 bits per heavy atom. The van der Waals surface area contributed by atoms with E-state index in [-0.39, 0.29) is 24.0 Å². The van der Waals surface area contributed by atoms with Gasteiger partial charge < -0.3 is 14.8 Å². The maximum atomic E-state index is 4.40. The number of hydrogen-bond donors (Lipinski definition) is 1. The molecule has 0 aromatic carbocycles. The number of allylic oxidation sites excluding steroid dienone is 1. The quantitative estimate of drug-likeness (QED) is 0.196. The molecule has 0 saturated heterocycles. The largest absolute Gasteiger partial charge is 0.356 e. The fourth-order valence-electron chi connectivity index (χ4n) is 3.32. The summed E-state index contributed by atoms with van der Waals surface area (Å²) >= 11 is 0. The lowest BCUT2D eigenvalue weighted by atomic mass is 10.2. The highest BCUT2D eigenvalue weighted by molar-refractivity contribution is 14.0. The summed E-state index contributed by atoms with van der Waals surface area (Å²) < 4.78 is 2.32. The average Bonchev–Trinajstić information content (AvgIpc) is 2.85. The van der Waals surface area contributed by atoms with Crippen LogP contribution in [0.1, 0.15) is 56.6 Å². The number of halogens is 1. The van der Waals surface area contributed by atoms with E-state index in [9.17, 15) is 0 Å². The average molecular weight is 474 g/mol. The molecule has 1 aliphatic heterocycles. The molecule has 0 unspecified atom stereocenters. The van der Waals surface area contributed by atoms with Crippen molar-refractivity contribution in [2.24, 2.45) is 4.99 Å². The van der Waals surface area contributed by atoms with Crippen LogP contribution in [0.4, 0.5) is 0 Å². The molecule has 0 radical (unpaired) electrons. The molecule has 1 aromatic heterocycles. The van der Waals surface area contributed by atoms with E-state index in [2.05, 4.69) is 43.6 Å². The number of unbranched alkanes of at least 4 members (excludes halogenated alkanes) is 3. The molecule has 2 rings (SSSR count). The predicted molar refractivity (Wildman–Crippen MR) is 119 cm³/mol. The van der Waals surface area contributed by atoms with Crippen LogP contribution in [-0.4, -0.2) is 52.8 Å². The number of hydrogen-bond acceptors (Lipinski definition) is 3. The molecule has 148 valence electrons. The first-order valence-electron chi connectivity index (χ1n) is 9.70. The maximum absolute atomic E-state index is 4.40. The third-order valence-corrected chi connectivity index (χ3v) is 4.79. The summed E-state index contributed by atoms with van der Waals surface area (Å²) in [6.07, 6.45) is 12.5. The van der Waals surface area contributed by atoms with Crippen molar-refractivity contribution in [2.75, 3.05) is 27.2 Å². The van der Waals surface area contributed by atoms with Gasteiger partial charge in [0.15, 0.2) is 5.96 Å². The van der Waals surface area contributed by atoms with Crippen molar-refractivity contribution in [3.8, 4) is 0 Å². The fraction of sp³-hybridized carbons (Fsp3) is 0.737. The molecule has 0 fully saturated rings. The number of nitrogens with zero attached hydrogens (tertiary/aromatic N) is 5. The van der Waals surface area contributed by atoms with Crippen molar-refractivity contribution >= 4 is 29.9 Å². The number of guanidine groups is 1. The molecule has 1 aliphatic rings. The molecule has 26 heavy (non-hydrogen) atoms. The third kappa shape index (κ3) is 7.25. The fourth-order valence-corrected chi connectivity index (χ4v) is 3.32. The van der Waals surface area contributed by atoms with Crippen molar-refractivity contribution in [1.82, 2.24) is 25.0 Å². The second-order valence-corrected chi connectivity index (χ2v) is 6.78. The molecule has 6 nitrogen and oxygen atoms in total. The zero-order chi connectivity index (χ0) is 17.9.